The lowest BCUT2D eigenvalue weighted by atomic mass is 9.80. The van der Waals surface area contributed by atoms with Crippen LogP contribution >= 0.6 is 11.3 Å². The molecule has 1 aromatic heterocycles. The fourth-order valence-corrected chi connectivity index (χ4v) is 10.5. The molecule has 1 aliphatic rings. The number of benzene rings is 9. The third-order valence-corrected chi connectivity index (χ3v) is 12.9. The van der Waals surface area contributed by atoms with Gasteiger partial charge >= 0.3 is 0 Å². The molecule has 9 aromatic carbocycles. The Labute approximate surface area is 307 Å². The molecule has 0 amide bonds. The van der Waals surface area contributed by atoms with Gasteiger partial charge in [0.25, 0.3) is 0 Å². The molecule has 1 heterocycles. The minimum absolute atomic E-state index is 0.0849. The first-order valence-electron chi connectivity index (χ1n) is 18.2. The summed E-state index contributed by atoms with van der Waals surface area (Å²) < 4.78 is 2.67. The molecule has 1 aliphatic carbocycles. The van der Waals surface area contributed by atoms with E-state index in [-0.39, 0.29) is 5.41 Å². The Morgan fingerprint density at radius 2 is 0.962 bits per heavy atom. The Hall–Kier alpha value is -6.02. The maximum Gasteiger partial charge on any atom is 0.0434 e. The van der Waals surface area contributed by atoms with Crippen molar-refractivity contribution in [1.82, 2.24) is 0 Å². The summed E-state index contributed by atoms with van der Waals surface area (Å²) in [4.78, 5) is 0. The van der Waals surface area contributed by atoms with E-state index in [1.807, 2.05) is 11.3 Å². The molecule has 0 radical (unpaired) electrons. The molecule has 0 nitrogen and oxygen atoms in total. The van der Waals surface area contributed by atoms with E-state index in [1.54, 1.807) is 0 Å². The molecular weight excluding hydrogens is 645 g/mol. The van der Waals surface area contributed by atoms with Crippen LogP contribution < -0.4 is 0 Å². The molecule has 10 aromatic rings. The molecule has 0 saturated carbocycles. The van der Waals surface area contributed by atoms with Crippen molar-refractivity contribution >= 4 is 63.8 Å². The minimum atomic E-state index is -0.0849. The predicted molar refractivity (Wildman–Crippen MR) is 226 cm³/mol. The second-order valence-electron chi connectivity index (χ2n) is 14.8. The van der Waals surface area contributed by atoms with E-state index in [0.29, 0.717) is 0 Å². The van der Waals surface area contributed by atoms with Crippen LogP contribution in [0, 0.1) is 0 Å². The van der Waals surface area contributed by atoms with Crippen LogP contribution in [0.25, 0.3) is 97.0 Å². The second kappa shape index (κ2) is 11.0. The zero-order chi connectivity index (χ0) is 34.6. The summed E-state index contributed by atoms with van der Waals surface area (Å²) in [7, 11) is 0. The van der Waals surface area contributed by atoms with Crippen molar-refractivity contribution in [3.05, 3.63) is 181 Å². The first-order chi connectivity index (χ1) is 25.6. The summed E-state index contributed by atoms with van der Waals surface area (Å²) in [5.74, 6) is 0. The van der Waals surface area contributed by atoms with Crippen LogP contribution in [-0.2, 0) is 5.41 Å². The smallest absolute Gasteiger partial charge is 0.0434 e. The SMILES string of the molecule is CC1(C)c2ccccc2-c2ccc(-c3c4ccccc4c(-c4cccc5c4sc4ccccc45)c4ccc(-c5cccc6ccccc56)cc34)cc21. The Morgan fingerprint density at radius 3 is 1.85 bits per heavy atom. The van der Waals surface area contributed by atoms with E-state index in [1.165, 1.54) is 108 Å². The summed E-state index contributed by atoms with van der Waals surface area (Å²) in [6, 6.07) is 63.6. The maximum absolute atomic E-state index is 2.49. The number of fused-ring (bicyclic) bond motifs is 9. The Bertz CT molecular complexity index is 3090. The summed E-state index contributed by atoms with van der Waals surface area (Å²) in [6.07, 6.45) is 0. The average molecular weight is 679 g/mol. The van der Waals surface area contributed by atoms with Crippen molar-refractivity contribution in [2.24, 2.45) is 0 Å². The van der Waals surface area contributed by atoms with Gasteiger partial charge in [0, 0.05) is 31.2 Å². The zero-order valence-electron chi connectivity index (χ0n) is 29.1. The van der Waals surface area contributed by atoms with Crippen LogP contribution in [0.1, 0.15) is 25.0 Å². The quantitative estimate of drug-likeness (QED) is 0.163. The van der Waals surface area contributed by atoms with E-state index in [9.17, 15) is 0 Å². The molecule has 0 N–H and O–H groups in total. The van der Waals surface area contributed by atoms with Crippen LogP contribution in [-0.4, -0.2) is 0 Å². The lowest BCUT2D eigenvalue weighted by Gasteiger charge is -2.23. The predicted octanol–water partition coefficient (Wildman–Crippen LogP) is 14.8. The highest BCUT2D eigenvalue weighted by atomic mass is 32.1. The third kappa shape index (κ3) is 4.15. The Morgan fingerprint density at radius 1 is 0.365 bits per heavy atom. The van der Waals surface area contributed by atoms with Gasteiger partial charge in [-0.1, -0.05) is 166 Å². The molecule has 0 aliphatic heterocycles. The molecule has 0 bridgehead atoms. The average Bonchev–Trinajstić information content (AvgIpc) is 3.68. The zero-order valence-corrected chi connectivity index (χ0v) is 29.9. The highest BCUT2D eigenvalue weighted by Gasteiger charge is 2.35. The van der Waals surface area contributed by atoms with Crippen LogP contribution in [0.4, 0.5) is 0 Å². The van der Waals surface area contributed by atoms with E-state index < -0.39 is 0 Å². The van der Waals surface area contributed by atoms with Crippen LogP contribution in [0.5, 0.6) is 0 Å². The van der Waals surface area contributed by atoms with Crippen molar-refractivity contribution < 1.29 is 0 Å². The fourth-order valence-electron chi connectivity index (χ4n) is 9.23. The molecule has 1 heteroatoms. The fraction of sp³-hybridized carbons (Fsp3) is 0.0588. The van der Waals surface area contributed by atoms with E-state index in [2.05, 4.69) is 184 Å². The molecule has 244 valence electrons. The van der Waals surface area contributed by atoms with Crippen molar-refractivity contribution in [2.45, 2.75) is 19.3 Å². The molecule has 0 fully saturated rings. The number of hydrogen-bond donors (Lipinski definition) is 0. The van der Waals surface area contributed by atoms with Gasteiger partial charge in [-0.25, -0.2) is 0 Å². The maximum atomic E-state index is 2.49. The molecule has 11 rings (SSSR count). The highest BCUT2D eigenvalue weighted by molar-refractivity contribution is 7.26. The van der Waals surface area contributed by atoms with Gasteiger partial charge in [-0.2, -0.15) is 0 Å². The van der Waals surface area contributed by atoms with Crippen molar-refractivity contribution in [3.8, 4) is 44.5 Å². The Kier molecular flexibility index (Phi) is 6.27. The lowest BCUT2D eigenvalue weighted by Crippen LogP contribution is -2.14. The summed E-state index contributed by atoms with van der Waals surface area (Å²) in [5, 5.41) is 10.3. The van der Waals surface area contributed by atoms with E-state index >= 15 is 0 Å². The van der Waals surface area contributed by atoms with Gasteiger partial charge in [0.15, 0.2) is 0 Å². The second-order valence-corrected chi connectivity index (χ2v) is 15.8. The summed E-state index contributed by atoms with van der Waals surface area (Å²) in [6.45, 7) is 4.76. The van der Waals surface area contributed by atoms with Crippen LogP contribution in [0.2, 0.25) is 0 Å². The topological polar surface area (TPSA) is 0 Å². The van der Waals surface area contributed by atoms with Crippen molar-refractivity contribution in [3.63, 3.8) is 0 Å². The normalized spacial score (nSPS) is 13.3. The van der Waals surface area contributed by atoms with Crippen LogP contribution in [0.3, 0.4) is 0 Å². The molecule has 52 heavy (non-hydrogen) atoms. The molecular formula is C51H34S. The number of hydrogen-bond acceptors (Lipinski definition) is 1. The lowest BCUT2D eigenvalue weighted by molar-refractivity contribution is 0.660. The Balaban J connectivity index is 1.27. The van der Waals surface area contributed by atoms with Gasteiger partial charge in [-0.3, -0.25) is 0 Å². The van der Waals surface area contributed by atoms with Crippen molar-refractivity contribution in [2.75, 3.05) is 0 Å². The van der Waals surface area contributed by atoms with Gasteiger partial charge in [0.05, 0.1) is 0 Å². The minimum Gasteiger partial charge on any atom is -0.135 e. The molecule has 0 atom stereocenters. The first-order valence-corrected chi connectivity index (χ1v) is 19.0. The first kappa shape index (κ1) is 29.7. The largest absolute Gasteiger partial charge is 0.135 e. The van der Waals surface area contributed by atoms with E-state index in [4.69, 9.17) is 0 Å². The van der Waals surface area contributed by atoms with Gasteiger partial charge in [0.1, 0.15) is 0 Å². The molecule has 0 unspecified atom stereocenters. The standard InChI is InChI=1S/C51H34S/c1-51(2)45-23-9-7-16-36(45)37-27-26-33(30-46(37)51)48-39-18-5-6-19-40(39)49(43-22-12-21-42-38-17-8-10-24-47(38)52-50(42)43)41-28-25-32(29-44(41)48)35-20-11-14-31-13-3-4-15-34(31)35/h3-30H,1-2H3. The summed E-state index contributed by atoms with van der Waals surface area (Å²) in [5.41, 5.74) is 13.1. The van der Waals surface area contributed by atoms with E-state index in [0.717, 1.165) is 0 Å². The van der Waals surface area contributed by atoms with Crippen molar-refractivity contribution in [1.29, 1.82) is 0 Å². The molecule has 0 spiro atoms. The third-order valence-electron chi connectivity index (χ3n) is 11.7. The van der Waals surface area contributed by atoms with Gasteiger partial charge in [-0.15, -0.1) is 11.3 Å². The van der Waals surface area contributed by atoms with Gasteiger partial charge in [-0.05, 0) is 101 Å². The van der Waals surface area contributed by atoms with Gasteiger partial charge < -0.3 is 0 Å². The summed E-state index contributed by atoms with van der Waals surface area (Å²) >= 11 is 1.91. The van der Waals surface area contributed by atoms with Gasteiger partial charge in [0.2, 0.25) is 0 Å². The monoisotopic (exact) mass is 678 g/mol. The number of thiophene rings is 1. The molecule has 0 saturated heterocycles. The highest BCUT2D eigenvalue weighted by Crippen LogP contribution is 2.52. The van der Waals surface area contributed by atoms with Crippen LogP contribution in [0.15, 0.2) is 170 Å². The number of rotatable bonds is 3.